The first kappa shape index (κ1) is 29.4. The van der Waals surface area contributed by atoms with Gasteiger partial charge in [0.2, 0.25) is 11.6 Å². The fraction of sp³-hybridized carbons (Fsp3) is 0.436. The van der Waals surface area contributed by atoms with E-state index in [1.807, 2.05) is 0 Å². The van der Waals surface area contributed by atoms with Gasteiger partial charge in [0.05, 0.1) is 5.41 Å². The number of rotatable bonds is 9. The molecule has 3 aromatic carbocycles. The van der Waals surface area contributed by atoms with Gasteiger partial charge in [0.15, 0.2) is 5.71 Å². The van der Waals surface area contributed by atoms with Gasteiger partial charge in [0.25, 0.3) is 0 Å². The summed E-state index contributed by atoms with van der Waals surface area (Å²) in [6.07, 6.45) is 15.4. The van der Waals surface area contributed by atoms with Crippen molar-refractivity contribution in [1.82, 2.24) is 0 Å². The number of carbonyl (C=O) groups excluding carboxylic acids is 1. The molecule has 0 unspecified atom stereocenters. The molecule has 2 N–H and O–H groups in total. The largest absolute Gasteiger partial charge is 0.370 e. The Morgan fingerprint density at radius 2 is 1.72 bits per heavy atom. The van der Waals surface area contributed by atoms with Crippen LogP contribution >= 0.6 is 0 Å². The number of nitrogens with zero attached hydrogens (tertiary/aromatic N) is 2. The van der Waals surface area contributed by atoms with Crippen molar-refractivity contribution in [2.75, 3.05) is 18.0 Å². The molecule has 6 rings (SSSR count). The van der Waals surface area contributed by atoms with Crippen LogP contribution in [0.4, 0.5) is 11.4 Å². The Morgan fingerprint density at radius 1 is 0.930 bits per heavy atom. The van der Waals surface area contributed by atoms with Crippen molar-refractivity contribution in [3.8, 4) is 0 Å². The summed E-state index contributed by atoms with van der Waals surface area (Å²) in [4.78, 5) is 13.9. The van der Waals surface area contributed by atoms with E-state index < -0.39 is 0 Å². The number of hydrogen-bond donors (Lipinski definition) is 1. The summed E-state index contributed by atoms with van der Waals surface area (Å²) in [6, 6.07) is 18.1. The number of amides is 1. The van der Waals surface area contributed by atoms with E-state index in [1.54, 1.807) is 11.1 Å². The van der Waals surface area contributed by atoms with Crippen LogP contribution in [-0.4, -0.2) is 29.3 Å². The summed E-state index contributed by atoms with van der Waals surface area (Å²) in [7, 11) is 0. The van der Waals surface area contributed by atoms with E-state index >= 15 is 0 Å². The SMILES string of the molecule is CC[N+]1=C(/C=C/C=C2\N(CCCCCC(N)=O)c3ccc4c(c3C2(C)C)CCCC4)C(C)(C)c2c1ccc1ccccc21. The molecular formula is C39H48N3O+. The third-order valence-electron chi connectivity index (χ3n) is 10.2. The molecule has 0 spiro atoms. The first-order valence-electron chi connectivity index (χ1n) is 16.4. The van der Waals surface area contributed by atoms with Crippen LogP contribution in [0.1, 0.15) is 95.4 Å². The Bertz CT molecular complexity index is 1670. The van der Waals surface area contributed by atoms with Gasteiger partial charge in [-0.2, -0.15) is 4.58 Å². The predicted molar refractivity (Wildman–Crippen MR) is 181 cm³/mol. The molecule has 224 valence electrons. The van der Waals surface area contributed by atoms with Crippen molar-refractivity contribution < 1.29 is 9.37 Å². The van der Waals surface area contributed by atoms with Gasteiger partial charge in [-0.25, -0.2) is 0 Å². The minimum absolute atomic E-state index is 0.0744. The number of hydrogen-bond acceptors (Lipinski definition) is 2. The number of benzene rings is 3. The van der Waals surface area contributed by atoms with Gasteiger partial charge in [0.1, 0.15) is 6.54 Å². The molecule has 0 saturated heterocycles. The Morgan fingerprint density at radius 3 is 2.51 bits per heavy atom. The van der Waals surface area contributed by atoms with Gasteiger partial charge in [-0.05, 0) is 105 Å². The molecule has 2 heterocycles. The van der Waals surface area contributed by atoms with E-state index in [2.05, 4.69) is 111 Å². The van der Waals surface area contributed by atoms with Gasteiger partial charge in [-0.3, -0.25) is 4.79 Å². The van der Waals surface area contributed by atoms with Crippen LogP contribution in [0.5, 0.6) is 0 Å². The van der Waals surface area contributed by atoms with Crippen LogP contribution in [0.2, 0.25) is 0 Å². The topological polar surface area (TPSA) is 49.3 Å². The number of anilines is 1. The average molecular weight is 575 g/mol. The summed E-state index contributed by atoms with van der Waals surface area (Å²) in [5.74, 6) is -0.200. The zero-order valence-electron chi connectivity index (χ0n) is 26.8. The summed E-state index contributed by atoms with van der Waals surface area (Å²) in [5, 5.41) is 2.66. The first-order chi connectivity index (χ1) is 20.7. The number of primary amides is 1. The van der Waals surface area contributed by atoms with Crippen LogP contribution in [0.15, 0.2) is 72.5 Å². The number of aryl methyl sites for hydroxylation is 1. The summed E-state index contributed by atoms with van der Waals surface area (Å²) >= 11 is 0. The maximum absolute atomic E-state index is 11.3. The third kappa shape index (κ3) is 5.03. The van der Waals surface area contributed by atoms with E-state index in [0.29, 0.717) is 6.42 Å². The molecular weight excluding hydrogens is 526 g/mol. The second kappa shape index (κ2) is 11.4. The highest BCUT2D eigenvalue weighted by Gasteiger charge is 2.45. The van der Waals surface area contributed by atoms with Crippen LogP contribution in [0.3, 0.4) is 0 Å². The van der Waals surface area contributed by atoms with Gasteiger partial charge >= 0.3 is 0 Å². The van der Waals surface area contributed by atoms with Crippen LogP contribution in [0.25, 0.3) is 10.8 Å². The lowest BCUT2D eigenvalue weighted by atomic mass is 9.76. The van der Waals surface area contributed by atoms with Crippen molar-refractivity contribution in [3.05, 3.63) is 94.7 Å². The molecule has 0 fully saturated rings. The first-order valence-corrected chi connectivity index (χ1v) is 16.4. The van der Waals surface area contributed by atoms with E-state index in [1.165, 1.54) is 70.4 Å². The molecule has 0 atom stereocenters. The molecule has 3 aromatic rings. The molecule has 1 aliphatic carbocycles. The predicted octanol–water partition coefficient (Wildman–Crippen LogP) is 8.40. The van der Waals surface area contributed by atoms with Crippen LogP contribution in [0, 0.1) is 0 Å². The minimum Gasteiger partial charge on any atom is -0.370 e. The van der Waals surface area contributed by atoms with Crippen molar-refractivity contribution in [3.63, 3.8) is 0 Å². The van der Waals surface area contributed by atoms with Gasteiger partial charge in [-0.1, -0.05) is 56.7 Å². The van der Waals surface area contributed by atoms with E-state index in [4.69, 9.17) is 5.73 Å². The summed E-state index contributed by atoms with van der Waals surface area (Å²) < 4.78 is 2.50. The maximum Gasteiger partial charge on any atom is 0.217 e. The van der Waals surface area contributed by atoms with Gasteiger partial charge in [0, 0.05) is 47.5 Å². The second-order valence-corrected chi connectivity index (χ2v) is 13.7. The van der Waals surface area contributed by atoms with E-state index in [0.717, 1.165) is 32.4 Å². The van der Waals surface area contributed by atoms with E-state index in [-0.39, 0.29) is 16.7 Å². The number of nitrogens with two attached hydrogens (primary N) is 1. The standard InChI is InChI=1S/C39H47N3O/c1-6-41-31-24-22-27-15-9-11-17-29(27)36(31)38(2,3)33(41)19-14-20-34-39(4,5)37-30-18-12-10-16-28(30)23-25-32(37)42(34)26-13-7-8-21-35(40)43/h9,11,14-15,17,19-20,22-25H,6-8,10,12-13,16,18,21,26H2,1-5H3,(H-,40,43)/p+1. The molecule has 0 aromatic heterocycles. The quantitative estimate of drug-likeness (QED) is 0.206. The second-order valence-electron chi connectivity index (χ2n) is 13.7. The van der Waals surface area contributed by atoms with Crippen LogP contribution < -0.4 is 10.6 Å². The number of allylic oxidation sites excluding steroid dienone is 4. The molecule has 0 bridgehead atoms. The fourth-order valence-electron chi connectivity index (χ4n) is 8.22. The zero-order valence-corrected chi connectivity index (χ0v) is 26.8. The van der Waals surface area contributed by atoms with Crippen molar-refractivity contribution in [2.24, 2.45) is 5.73 Å². The molecule has 4 nitrogen and oxygen atoms in total. The highest BCUT2D eigenvalue weighted by Crippen LogP contribution is 2.51. The molecule has 1 amide bonds. The monoisotopic (exact) mass is 574 g/mol. The summed E-state index contributed by atoms with van der Waals surface area (Å²) in [6.45, 7) is 13.7. The molecule has 43 heavy (non-hydrogen) atoms. The lowest BCUT2D eigenvalue weighted by Gasteiger charge is -2.28. The molecule has 0 radical (unpaired) electrons. The highest BCUT2D eigenvalue weighted by atomic mass is 16.1. The normalized spacial score (nSPS) is 19.4. The minimum atomic E-state index is -0.200. The Labute approximate surface area is 258 Å². The lowest BCUT2D eigenvalue weighted by Crippen LogP contribution is -2.28. The molecule has 2 aliphatic heterocycles. The van der Waals surface area contributed by atoms with Gasteiger partial charge in [-0.15, -0.1) is 0 Å². The number of fused-ring (bicyclic) bond motifs is 6. The fourth-order valence-corrected chi connectivity index (χ4v) is 8.22. The third-order valence-corrected chi connectivity index (χ3v) is 10.2. The maximum atomic E-state index is 11.3. The highest BCUT2D eigenvalue weighted by molar-refractivity contribution is 6.07. The van der Waals surface area contributed by atoms with Crippen molar-refractivity contribution in [2.45, 2.75) is 96.8 Å². The molecule has 4 heteroatoms. The lowest BCUT2D eigenvalue weighted by molar-refractivity contribution is -0.433. The van der Waals surface area contributed by atoms with Crippen LogP contribution in [-0.2, 0) is 28.5 Å². The Hall–Kier alpha value is -3.66. The smallest absolute Gasteiger partial charge is 0.217 e. The summed E-state index contributed by atoms with van der Waals surface area (Å²) in [5.41, 5.74) is 16.8. The Balaban J connectivity index is 1.37. The average Bonchev–Trinajstić information content (AvgIpc) is 3.35. The number of unbranched alkanes of at least 4 members (excludes halogenated alkanes) is 2. The van der Waals surface area contributed by atoms with E-state index in [9.17, 15) is 4.79 Å². The molecule has 0 saturated carbocycles. The van der Waals surface area contributed by atoms with Crippen molar-refractivity contribution in [1.29, 1.82) is 0 Å². The van der Waals surface area contributed by atoms with Crippen molar-refractivity contribution >= 4 is 33.8 Å². The number of carbonyl (C=O) groups is 1. The zero-order chi connectivity index (χ0) is 30.4. The molecule has 3 aliphatic rings. The van der Waals surface area contributed by atoms with Gasteiger partial charge < -0.3 is 10.6 Å². The Kier molecular flexibility index (Phi) is 7.83.